The molecule has 2 aromatic carbocycles. The molecule has 1 fully saturated rings. The van der Waals surface area contributed by atoms with E-state index in [1.165, 1.54) is 0 Å². The molecule has 33 heavy (non-hydrogen) atoms. The van der Waals surface area contributed by atoms with E-state index in [-0.39, 0.29) is 5.56 Å². The van der Waals surface area contributed by atoms with Crippen molar-refractivity contribution in [1.82, 2.24) is 19.6 Å². The number of rotatable bonds is 9. The van der Waals surface area contributed by atoms with Gasteiger partial charge in [0.2, 0.25) is 0 Å². The van der Waals surface area contributed by atoms with Crippen LogP contribution in [-0.4, -0.2) is 64.9 Å². The average Bonchev–Trinajstić information content (AvgIpc) is 3.04. The number of nitrogens with zero attached hydrogens (tertiary/aromatic N) is 3. The topological polar surface area (TPSA) is 83.7 Å². The molecule has 3 aromatic rings. The van der Waals surface area contributed by atoms with Gasteiger partial charge < -0.3 is 20.5 Å². The summed E-state index contributed by atoms with van der Waals surface area (Å²) in [7, 11) is 1.89. The number of aliphatic hydroxyl groups is 1. The van der Waals surface area contributed by atoms with E-state index in [4.69, 9.17) is 4.74 Å². The van der Waals surface area contributed by atoms with Gasteiger partial charge >= 0.3 is 0 Å². The highest BCUT2D eigenvalue weighted by atomic mass is 16.5. The fourth-order valence-electron chi connectivity index (χ4n) is 4.09. The Balaban J connectivity index is 1.33. The van der Waals surface area contributed by atoms with Crippen LogP contribution in [0.1, 0.15) is 11.3 Å². The highest BCUT2D eigenvalue weighted by Crippen LogP contribution is 2.19. The van der Waals surface area contributed by atoms with Crippen molar-refractivity contribution in [2.75, 3.05) is 44.7 Å². The Hall–Kier alpha value is -2.91. The lowest BCUT2D eigenvalue weighted by atomic mass is 10.2. The first-order chi connectivity index (χ1) is 16.0. The van der Waals surface area contributed by atoms with Crippen molar-refractivity contribution in [3.63, 3.8) is 0 Å². The molecule has 1 aliphatic heterocycles. The van der Waals surface area contributed by atoms with Crippen molar-refractivity contribution in [3.8, 4) is 5.69 Å². The Morgan fingerprint density at radius 3 is 2.45 bits per heavy atom. The fraction of sp³-hybridized carbons (Fsp3) is 0.400. The van der Waals surface area contributed by atoms with Gasteiger partial charge in [0.05, 0.1) is 30.7 Å². The summed E-state index contributed by atoms with van der Waals surface area (Å²) in [6, 6.07) is 17.6. The van der Waals surface area contributed by atoms with E-state index in [1.807, 2.05) is 73.3 Å². The van der Waals surface area contributed by atoms with E-state index in [1.54, 1.807) is 4.68 Å². The van der Waals surface area contributed by atoms with Crippen molar-refractivity contribution in [2.24, 2.45) is 7.05 Å². The van der Waals surface area contributed by atoms with Crippen LogP contribution in [0.3, 0.4) is 0 Å². The minimum Gasteiger partial charge on any atom is -0.390 e. The maximum Gasteiger partial charge on any atom is 0.295 e. The van der Waals surface area contributed by atoms with Gasteiger partial charge in [0.1, 0.15) is 5.69 Å². The van der Waals surface area contributed by atoms with Gasteiger partial charge in [-0.25, -0.2) is 4.68 Å². The molecular weight excluding hydrogens is 418 g/mol. The van der Waals surface area contributed by atoms with Crippen molar-refractivity contribution < 1.29 is 9.84 Å². The molecule has 176 valence electrons. The summed E-state index contributed by atoms with van der Waals surface area (Å²) in [6.07, 6.45) is -0.406. The van der Waals surface area contributed by atoms with Crippen molar-refractivity contribution in [2.45, 2.75) is 19.6 Å². The number of hydrogen-bond acceptors (Lipinski definition) is 6. The Labute approximate surface area is 194 Å². The number of aliphatic hydroxyl groups excluding tert-OH is 1. The second kappa shape index (κ2) is 10.8. The third-order valence-electron chi connectivity index (χ3n) is 6.06. The largest absolute Gasteiger partial charge is 0.390 e. The molecule has 1 atom stereocenters. The van der Waals surface area contributed by atoms with Crippen LogP contribution in [0.15, 0.2) is 59.4 Å². The van der Waals surface area contributed by atoms with Gasteiger partial charge in [0.25, 0.3) is 5.56 Å². The summed E-state index contributed by atoms with van der Waals surface area (Å²) in [5.74, 6) is 0. The molecule has 4 rings (SSSR count). The number of ether oxygens (including phenoxy) is 1. The van der Waals surface area contributed by atoms with Crippen molar-refractivity contribution in [3.05, 3.63) is 76.2 Å². The summed E-state index contributed by atoms with van der Waals surface area (Å²) >= 11 is 0. The van der Waals surface area contributed by atoms with Crippen LogP contribution in [0.5, 0.6) is 0 Å². The number of anilines is 2. The van der Waals surface area contributed by atoms with E-state index < -0.39 is 6.10 Å². The number of nitrogens with one attached hydrogen (secondary N) is 2. The van der Waals surface area contributed by atoms with E-state index in [9.17, 15) is 9.90 Å². The SMILES string of the molecule is Cc1c(Nc2ccc(CNCC(O)CN3CCOCC3)cc2)c(=O)n(-c2ccccc2)n1C. The third kappa shape index (κ3) is 5.72. The number of β-amino-alcohol motifs (C(OH)–C–C–N with tert-alkyl or cyclic N) is 1. The predicted molar refractivity (Wildman–Crippen MR) is 130 cm³/mol. The van der Waals surface area contributed by atoms with Crippen LogP contribution in [0.4, 0.5) is 11.4 Å². The Morgan fingerprint density at radius 2 is 1.76 bits per heavy atom. The van der Waals surface area contributed by atoms with Gasteiger partial charge in [-0.3, -0.25) is 14.4 Å². The zero-order chi connectivity index (χ0) is 23.2. The van der Waals surface area contributed by atoms with E-state index >= 15 is 0 Å². The number of benzene rings is 2. The molecule has 0 spiro atoms. The van der Waals surface area contributed by atoms with E-state index in [0.29, 0.717) is 25.3 Å². The number of morpholine rings is 1. The number of para-hydroxylation sites is 1. The summed E-state index contributed by atoms with van der Waals surface area (Å²) in [4.78, 5) is 15.3. The molecular formula is C25H33N5O3. The highest BCUT2D eigenvalue weighted by molar-refractivity contribution is 5.62. The number of hydrogen-bond donors (Lipinski definition) is 3. The number of aromatic nitrogens is 2. The Kier molecular flexibility index (Phi) is 7.61. The van der Waals surface area contributed by atoms with Crippen molar-refractivity contribution in [1.29, 1.82) is 0 Å². The molecule has 1 aliphatic rings. The monoisotopic (exact) mass is 451 g/mol. The molecule has 1 aromatic heterocycles. The molecule has 0 bridgehead atoms. The van der Waals surface area contributed by atoms with Crippen LogP contribution >= 0.6 is 0 Å². The first kappa shape index (κ1) is 23.3. The van der Waals surface area contributed by atoms with Crippen LogP contribution < -0.4 is 16.2 Å². The molecule has 1 unspecified atom stereocenters. The van der Waals surface area contributed by atoms with Crippen LogP contribution in [0, 0.1) is 6.92 Å². The minimum absolute atomic E-state index is 0.0822. The normalized spacial score (nSPS) is 15.5. The van der Waals surface area contributed by atoms with E-state index in [0.717, 1.165) is 48.9 Å². The zero-order valence-electron chi connectivity index (χ0n) is 19.3. The molecule has 8 heteroatoms. The smallest absolute Gasteiger partial charge is 0.295 e. The summed E-state index contributed by atoms with van der Waals surface area (Å²) < 4.78 is 8.87. The highest BCUT2D eigenvalue weighted by Gasteiger charge is 2.16. The maximum absolute atomic E-state index is 13.1. The standard InChI is InChI=1S/C25H33N5O3/c1-19-24(25(32)30(28(19)2)22-6-4-3-5-7-22)27-21-10-8-20(9-11-21)16-26-17-23(31)18-29-12-14-33-15-13-29/h3-11,23,26-27,31H,12-18H2,1-2H3. The van der Waals surface area contributed by atoms with Gasteiger partial charge in [-0.1, -0.05) is 30.3 Å². The first-order valence-electron chi connectivity index (χ1n) is 11.4. The van der Waals surface area contributed by atoms with Gasteiger partial charge in [-0.05, 0) is 36.8 Å². The molecule has 0 aliphatic carbocycles. The molecule has 8 nitrogen and oxygen atoms in total. The summed E-state index contributed by atoms with van der Waals surface area (Å²) in [5, 5.41) is 16.9. The molecule has 0 saturated carbocycles. The Bertz CT molecular complexity index is 1090. The van der Waals surface area contributed by atoms with Crippen LogP contribution in [0.25, 0.3) is 5.69 Å². The molecule has 2 heterocycles. The lowest BCUT2D eigenvalue weighted by Crippen LogP contribution is -2.43. The zero-order valence-corrected chi connectivity index (χ0v) is 19.3. The molecule has 1 saturated heterocycles. The van der Waals surface area contributed by atoms with Crippen LogP contribution in [0.2, 0.25) is 0 Å². The second-order valence-corrected chi connectivity index (χ2v) is 8.46. The summed E-state index contributed by atoms with van der Waals surface area (Å²) in [6.45, 7) is 7.04. The Morgan fingerprint density at radius 1 is 1.06 bits per heavy atom. The third-order valence-corrected chi connectivity index (χ3v) is 6.06. The van der Waals surface area contributed by atoms with Gasteiger partial charge in [0, 0.05) is 45.5 Å². The second-order valence-electron chi connectivity index (χ2n) is 8.46. The maximum atomic E-state index is 13.1. The lowest BCUT2D eigenvalue weighted by Gasteiger charge is -2.28. The van der Waals surface area contributed by atoms with Gasteiger partial charge in [-0.2, -0.15) is 0 Å². The molecule has 0 amide bonds. The quantitative estimate of drug-likeness (QED) is 0.462. The summed E-state index contributed by atoms with van der Waals surface area (Å²) in [5.41, 5.74) is 4.16. The minimum atomic E-state index is -0.406. The molecule has 0 radical (unpaired) electrons. The van der Waals surface area contributed by atoms with Gasteiger partial charge in [0.15, 0.2) is 0 Å². The van der Waals surface area contributed by atoms with E-state index in [2.05, 4.69) is 15.5 Å². The van der Waals surface area contributed by atoms with Crippen LogP contribution in [-0.2, 0) is 18.3 Å². The fourth-order valence-corrected chi connectivity index (χ4v) is 4.09. The van der Waals surface area contributed by atoms with Crippen molar-refractivity contribution >= 4 is 11.4 Å². The first-order valence-corrected chi connectivity index (χ1v) is 11.4. The average molecular weight is 452 g/mol. The molecule has 3 N–H and O–H groups in total. The van der Waals surface area contributed by atoms with Gasteiger partial charge in [-0.15, -0.1) is 0 Å². The predicted octanol–water partition coefficient (Wildman–Crippen LogP) is 2.01. The lowest BCUT2D eigenvalue weighted by molar-refractivity contribution is 0.0149.